The molecule has 0 heterocycles. The first kappa shape index (κ1) is 20.1. The van der Waals surface area contributed by atoms with Crippen LogP contribution in [0.25, 0.3) is 0 Å². The average Bonchev–Trinajstić information content (AvgIpc) is 2.65. The highest BCUT2D eigenvalue weighted by molar-refractivity contribution is 6.05. The van der Waals surface area contributed by atoms with Crippen LogP contribution in [0.15, 0.2) is 42.5 Å². The smallest absolute Gasteiger partial charge is 0.255 e. The summed E-state index contributed by atoms with van der Waals surface area (Å²) in [5.41, 5.74) is 6.90. The van der Waals surface area contributed by atoms with E-state index >= 15 is 0 Å². The summed E-state index contributed by atoms with van der Waals surface area (Å²) in [4.78, 5) is 23.9. The highest BCUT2D eigenvalue weighted by Crippen LogP contribution is 2.37. The average molecular weight is 371 g/mol. The van der Waals surface area contributed by atoms with Gasteiger partial charge in [-0.1, -0.05) is 18.2 Å². The number of nitrogens with one attached hydrogen (secondary N) is 2. The van der Waals surface area contributed by atoms with Crippen LogP contribution in [0.4, 0.5) is 11.4 Å². The van der Waals surface area contributed by atoms with Gasteiger partial charge in [0.25, 0.3) is 5.91 Å². The number of ether oxygens (including phenoxy) is 2. The van der Waals surface area contributed by atoms with E-state index in [-0.39, 0.29) is 5.91 Å². The zero-order valence-corrected chi connectivity index (χ0v) is 15.7. The molecule has 2 amide bonds. The van der Waals surface area contributed by atoms with Gasteiger partial charge in [0, 0.05) is 17.7 Å². The Kier molecular flexibility index (Phi) is 7.05. The lowest BCUT2D eigenvalue weighted by Crippen LogP contribution is -2.32. The topological polar surface area (TPSA) is 103 Å². The van der Waals surface area contributed by atoms with Gasteiger partial charge in [0.1, 0.15) is 17.5 Å². The maximum Gasteiger partial charge on any atom is 0.255 e. The number of nitrogens with two attached hydrogens (primary N) is 1. The molecule has 144 valence electrons. The van der Waals surface area contributed by atoms with Crippen molar-refractivity contribution in [2.24, 2.45) is 5.73 Å². The maximum atomic E-state index is 12.5. The highest BCUT2D eigenvalue weighted by atomic mass is 16.5. The van der Waals surface area contributed by atoms with Crippen LogP contribution in [0, 0.1) is 0 Å². The minimum atomic E-state index is -0.594. The van der Waals surface area contributed by atoms with Crippen molar-refractivity contribution in [1.29, 1.82) is 0 Å². The Labute approximate surface area is 158 Å². The molecule has 27 heavy (non-hydrogen) atoms. The third-order valence-corrected chi connectivity index (χ3v) is 3.76. The van der Waals surface area contributed by atoms with Gasteiger partial charge in [0.2, 0.25) is 5.91 Å². The molecule has 0 spiro atoms. The van der Waals surface area contributed by atoms with Gasteiger partial charge in [0.05, 0.1) is 24.6 Å². The molecule has 2 aromatic rings. The van der Waals surface area contributed by atoms with Crippen molar-refractivity contribution < 1.29 is 19.1 Å². The molecule has 7 heteroatoms. The number of carbonyl (C=O) groups is 2. The summed E-state index contributed by atoms with van der Waals surface area (Å²) in [6.07, 6.45) is 0. The first-order chi connectivity index (χ1) is 13.0. The zero-order chi connectivity index (χ0) is 19.8. The Morgan fingerprint density at radius 1 is 1.00 bits per heavy atom. The molecule has 0 saturated carbocycles. The lowest BCUT2D eigenvalue weighted by Gasteiger charge is -2.20. The largest absolute Gasteiger partial charge is 0.492 e. The van der Waals surface area contributed by atoms with E-state index < -0.39 is 11.9 Å². The summed E-state index contributed by atoms with van der Waals surface area (Å²) in [5.74, 6) is 0.198. The summed E-state index contributed by atoms with van der Waals surface area (Å²) in [6.45, 7) is 6.18. The van der Waals surface area contributed by atoms with E-state index in [4.69, 9.17) is 15.2 Å². The molecule has 7 nitrogen and oxygen atoms in total. The highest BCUT2D eigenvalue weighted by Gasteiger charge is 2.18. The summed E-state index contributed by atoms with van der Waals surface area (Å²) >= 11 is 0. The molecule has 0 aliphatic rings. The molecule has 0 saturated heterocycles. The Balaban J connectivity index is 2.38. The summed E-state index contributed by atoms with van der Waals surface area (Å²) in [5, 5.41) is 5.86. The Hall–Kier alpha value is -3.22. The second kappa shape index (κ2) is 9.47. The van der Waals surface area contributed by atoms with Crippen LogP contribution < -0.4 is 25.8 Å². The molecule has 0 fully saturated rings. The second-order valence-corrected chi connectivity index (χ2v) is 5.80. The van der Waals surface area contributed by atoms with Crippen molar-refractivity contribution in [3.05, 3.63) is 48.0 Å². The van der Waals surface area contributed by atoms with E-state index in [2.05, 4.69) is 10.6 Å². The van der Waals surface area contributed by atoms with Crippen LogP contribution >= 0.6 is 0 Å². The van der Waals surface area contributed by atoms with Gasteiger partial charge >= 0.3 is 0 Å². The number of carbonyl (C=O) groups excluding carboxylic acids is 2. The van der Waals surface area contributed by atoms with Crippen molar-refractivity contribution in [3.8, 4) is 11.5 Å². The molecular formula is C20H25N3O4. The van der Waals surface area contributed by atoms with Crippen molar-refractivity contribution in [2.45, 2.75) is 26.8 Å². The quantitative estimate of drug-likeness (QED) is 0.629. The Bertz CT molecular complexity index is 793. The van der Waals surface area contributed by atoms with E-state index in [1.807, 2.05) is 19.9 Å². The van der Waals surface area contributed by atoms with Crippen molar-refractivity contribution in [1.82, 2.24) is 0 Å². The number of primary amides is 1. The van der Waals surface area contributed by atoms with Gasteiger partial charge in [-0.2, -0.15) is 0 Å². The van der Waals surface area contributed by atoms with Crippen LogP contribution in [-0.2, 0) is 4.79 Å². The normalized spacial score (nSPS) is 11.4. The number of anilines is 2. The van der Waals surface area contributed by atoms with E-state index in [0.717, 1.165) is 0 Å². The molecule has 2 aromatic carbocycles. The molecular weight excluding hydrogens is 346 g/mol. The zero-order valence-electron chi connectivity index (χ0n) is 15.7. The van der Waals surface area contributed by atoms with Crippen LogP contribution in [0.1, 0.15) is 31.1 Å². The van der Waals surface area contributed by atoms with Crippen LogP contribution in [0.3, 0.4) is 0 Å². The summed E-state index contributed by atoms with van der Waals surface area (Å²) in [6, 6.07) is 11.6. The van der Waals surface area contributed by atoms with E-state index in [9.17, 15) is 9.59 Å². The Morgan fingerprint density at radius 3 is 2.11 bits per heavy atom. The van der Waals surface area contributed by atoms with Gasteiger partial charge in [-0.15, -0.1) is 0 Å². The SMILES string of the molecule is CCOc1cc(NC(C)C(N)=O)c(OCC)cc1NC(=O)c1ccccc1. The van der Waals surface area contributed by atoms with Crippen molar-refractivity contribution in [2.75, 3.05) is 23.8 Å². The van der Waals surface area contributed by atoms with Gasteiger partial charge in [-0.05, 0) is 32.9 Å². The molecule has 4 N–H and O–H groups in total. The fraction of sp³-hybridized carbons (Fsp3) is 0.300. The predicted octanol–water partition coefficient (Wildman–Crippen LogP) is 3.02. The van der Waals surface area contributed by atoms with Crippen LogP contribution in [0.5, 0.6) is 11.5 Å². The van der Waals surface area contributed by atoms with E-state index in [1.165, 1.54) is 0 Å². The number of hydrogen-bond donors (Lipinski definition) is 3. The molecule has 0 radical (unpaired) electrons. The van der Waals surface area contributed by atoms with Crippen molar-refractivity contribution in [3.63, 3.8) is 0 Å². The standard InChI is InChI=1S/C20H25N3O4/c1-4-26-17-12-16(23-20(25)14-9-7-6-8-10-14)18(27-5-2)11-15(17)22-13(3)19(21)24/h6-13,22H,4-5H2,1-3H3,(H2,21,24)(H,23,25). The maximum absolute atomic E-state index is 12.5. The third kappa shape index (κ3) is 5.37. The minimum absolute atomic E-state index is 0.259. The second-order valence-electron chi connectivity index (χ2n) is 5.80. The predicted molar refractivity (Wildman–Crippen MR) is 105 cm³/mol. The van der Waals surface area contributed by atoms with Gasteiger partial charge in [-0.25, -0.2) is 0 Å². The van der Waals surface area contributed by atoms with Crippen molar-refractivity contribution >= 4 is 23.2 Å². The molecule has 1 atom stereocenters. The fourth-order valence-electron chi connectivity index (χ4n) is 2.41. The lowest BCUT2D eigenvalue weighted by molar-refractivity contribution is -0.118. The molecule has 2 rings (SSSR count). The Morgan fingerprint density at radius 2 is 1.56 bits per heavy atom. The van der Waals surface area contributed by atoms with Gasteiger partial charge < -0.3 is 25.8 Å². The summed E-state index contributed by atoms with van der Waals surface area (Å²) in [7, 11) is 0. The molecule has 0 aliphatic carbocycles. The molecule has 0 aromatic heterocycles. The molecule has 0 bridgehead atoms. The third-order valence-electron chi connectivity index (χ3n) is 3.76. The minimum Gasteiger partial charge on any atom is -0.492 e. The van der Waals surface area contributed by atoms with Crippen LogP contribution in [-0.4, -0.2) is 31.1 Å². The van der Waals surface area contributed by atoms with Gasteiger partial charge in [-0.3, -0.25) is 9.59 Å². The lowest BCUT2D eigenvalue weighted by atomic mass is 10.1. The fourth-order valence-corrected chi connectivity index (χ4v) is 2.41. The van der Waals surface area contributed by atoms with Gasteiger partial charge in [0.15, 0.2) is 0 Å². The monoisotopic (exact) mass is 371 g/mol. The first-order valence-corrected chi connectivity index (χ1v) is 8.82. The number of amides is 2. The summed E-state index contributed by atoms with van der Waals surface area (Å²) < 4.78 is 11.3. The van der Waals surface area contributed by atoms with E-state index in [1.54, 1.807) is 43.3 Å². The first-order valence-electron chi connectivity index (χ1n) is 8.82. The number of benzene rings is 2. The molecule has 1 unspecified atom stereocenters. The molecule has 0 aliphatic heterocycles. The van der Waals surface area contributed by atoms with Crippen LogP contribution in [0.2, 0.25) is 0 Å². The number of hydrogen-bond acceptors (Lipinski definition) is 5. The van der Waals surface area contributed by atoms with E-state index in [0.29, 0.717) is 41.7 Å². The number of rotatable bonds is 9.